The highest BCUT2D eigenvalue weighted by atomic mass is 32.2. The van der Waals surface area contributed by atoms with Gasteiger partial charge in [-0.3, -0.25) is 4.79 Å². The maximum absolute atomic E-state index is 11.7. The van der Waals surface area contributed by atoms with Crippen LogP contribution in [0.1, 0.15) is 27.9 Å². The summed E-state index contributed by atoms with van der Waals surface area (Å²) >= 11 is 1.29. The fourth-order valence-electron chi connectivity index (χ4n) is 1.98. The second-order valence-electron chi connectivity index (χ2n) is 4.74. The van der Waals surface area contributed by atoms with Crippen molar-refractivity contribution in [1.82, 2.24) is 4.98 Å². The van der Waals surface area contributed by atoms with Crippen LogP contribution in [0.25, 0.3) is 10.6 Å². The molecule has 0 bridgehead atoms. The molecule has 2 aromatic rings. The number of hydrogen-bond donors (Lipinski definition) is 0. The summed E-state index contributed by atoms with van der Waals surface area (Å²) in [5, 5.41) is 0.664. The van der Waals surface area contributed by atoms with Crippen LogP contribution in [0.3, 0.4) is 0 Å². The lowest BCUT2D eigenvalue weighted by Gasteiger charge is -2.05. The number of ketones is 1. The molecule has 1 heterocycles. The average molecular weight is 309 g/mol. The predicted octanol–water partition coefficient (Wildman–Crippen LogP) is 3.03. The van der Waals surface area contributed by atoms with Crippen molar-refractivity contribution in [1.29, 1.82) is 0 Å². The van der Waals surface area contributed by atoms with Crippen molar-refractivity contribution < 1.29 is 13.2 Å². The lowest BCUT2D eigenvalue weighted by Crippen LogP contribution is -2.00. The molecule has 0 amide bonds. The maximum Gasteiger partial charge on any atom is 0.175 e. The third-order valence-corrected chi connectivity index (χ3v) is 5.50. The van der Waals surface area contributed by atoms with E-state index < -0.39 is 9.84 Å². The van der Waals surface area contributed by atoms with E-state index in [0.29, 0.717) is 26.0 Å². The Morgan fingerprint density at radius 3 is 2.40 bits per heavy atom. The monoisotopic (exact) mass is 309 g/mol. The zero-order valence-corrected chi connectivity index (χ0v) is 13.4. The Morgan fingerprint density at radius 2 is 1.90 bits per heavy atom. The van der Waals surface area contributed by atoms with Gasteiger partial charge in [-0.1, -0.05) is 12.1 Å². The normalized spacial score (nSPS) is 11.6. The molecular weight excluding hydrogens is 294 g/mol. The average Bonchev–Trinajstić information content (AvgIpc) is 2.70. The highest BCUT2D eigenvalue weighted by molar-refractivity contribution is 7.90. The third kappa shape index (κ3) is 2.81. The standard InChI is InChI=1S/C14H15NO3S2/c1-8-5-6-11(7-12(8)20(4,17)18)14-15-9(2)13(19-14)10(3)16/h5-7H,1-4H3. The van der Waals surface area contributed by atoms with E-state index in [1.165, 1.54) is 24.5 Å². The van der Waals surface area contributed by atoms with Crippen LogP contribution in [0.4, 0.5) is 0 Å². The minimum atomic E-state index is -3.27. The quantitative estimate of drug-likeness (QED) is 0.818. The second kappa shape index (κ2) is 5.10. The maximum atomic E-state index is 11.7. The number of benzene rings is 1. The molecule has 1 aromatic heterocycles. The Balaban J connectivity index is 2.60. The van der Waals surface area contributed by atoms with Gasteiger partial charge in [0.05, 0.1) is 15.5 Å². The Bertz CT molecular complexity index is 789. The van der Waals surface area contributed by atoms with Gasteiger partial charge in [0.2, 0.25) is 0 Å². The number of thiazole rings is 1. The second-order valence-corrected chi connectivity index (χ2v) is 7.73. The van der Waals surface area contributed by atoms with Crippen LogP contribution in [0.15, 0.2) is 23.1 Å². The van der Waals surface area contributed by atoms with Crippen LogP contribution < -0.4 is 0 Å². The van der Waals surface area contributed by atoms with Gasteiger partial charge in [0.25, 0.3) is 0 Å². The molecular formula is C14H15NO3S2. The van der Waals surface area contributed by atoms with Gasteiger partial charge >= 0.3 is 0 Å². The molecule has 1 aromatic carbocycles. The van der Waals surface area contributed by atoms with E-state index in [1.807, 2.05) is 6.07 Å². The van der Waals surface area contributed by atoms with Gasteiger partial charge in [-0.2, -0.15) is 0 Å². The number of aromatic nitrogens is 1. The summed E-state index contributed by atoms with van der Waals surface area (Å²) in [5.74, 6) is -0.0262. The van der Waals surface area contributed by atoms with Crippen molar-refractivity contribution in [3.63, 3.8) is 0 Å². The van der Waals surface area contributed by atoms with E-state index >= 15 is 0 Å². The Morgan fingerprint density at radius 1 is 1.25 bits per heavy atom. The van der Waals surface area contributed by atoms with Gasteiger partial charge in [0.15, 0.2) is 15.6 Å². The number of nitrogens with zero attached hydrogens (tertiary/aromatic N) is 1. The van der Waals surface area contributed by atoms with Gasteiger partial charge in [-0.15, -0.1) is 11.3 Å². The summed E-state index contributed by atoms with van der Waals surface area (Å²) in [5.41, 5.74) is 2.10. The smallest absolute Gasteiger partial charge is 0.175 e. The van der Waals surface area contributed by atoms with E-state index in [2.05, 4.69) is 4.98 Å². The molecule has 0 saturated carbocycles. The molecule has 0 spiro atoms. The highest BCUT2D eigenvalue weighted by Crippen LogP contribution is 2.30. The van der Waals surface area contributed by atoms with Crippen LogP contribution in [0, 0.1) is 13.8 Å². The summed E-state index contributed by atoms with van der Waals surface area (Å²) in [6, 6.07) is 5.20. The predicted molar refractivity (Wildman–Crippen MR) is 80.1 cm³/mol. The minimum absolute atomic E-state index is 0.0262. The van der Waals surface area contributed by atoms with Gasteiger partial charge in [-0.05, 0) is 25.5 Å². The van der Waals surface area contributed by atoms with Crippen LogP contribution in [0.2, 0.25) is 0 Å². The summed E-state index contributed by atoms with van der Waals surface area (Å²) in [4.78, 5) is 16.7. The van der Waals surface area contributed by atoms with Crippen LogP contribution >= 0.6 is 11.3 Å². The lowest BCUT2D eigenvalue weighted by atomic mass is 10.1. The fraction of sp³-hybridized carbons (Fsp3) is 0.286. The fourth-order valence-corrected chi connectivity index (χ4v) is 3.93. The van der Waals surface area contributed by atoms with Crippen molar-refractivity contribution in [2.75, 3.05) is 6.26 Å². The number of sulfone groups is 1. The third-order valence-electron chi connectivity index (χ3n) is 2.95. The lowest BCUT2D eigenvalue weighted by molar-refractivity contribution is 0.102. The van der Waals surface area contributed by atoms with Gasteiger partial charge in [0.1, 0.15) is 5.01 Å². The van der Waals surface area contributed by atoms with Crippen LogP contribution in [-0.2, 0) is 9.84 Å². The van der Waals surface area contributed by atoms with Gasteiger partial charge < -0.3 is 0 Å². The summed E-state index contributed by atoms with van der Waals surface area (Å²) < 4.78 is 23.5. The van der Waals surface area contributed by atoms with E-state index in [9.17, 15) is 13.2 Å². The van der Waals surface area contributed by atoms with Gasteiger partial charge in [-0.25, -0.2) is 13.4 Å². The number of Topliss-reactive ketones (excluding diaryl/α,β-unsaturated/α-hetero) is 1. The SMILES string of the molecule is CC(=O)c1sc(-c2ccc(C)c(S(C)(=O)=O)c2)nc1C. The molecule has 106 valence electrons. The van der Waals surface area contributed by atoms with Crippen molar-refractivity contribution >= 4 is 27.0 Å². The molecule has 0 aliphatic heterocycles. The molecule has 0 aliphatic rings. The minimum Gasteiger partial charge on any atom is -0.294 e. The zero-order valence-electron chi connectivity index (χ0n) is 11.7. The van der Waals surface area contributed by atoms with E-state index in [4.69, 9.17) is 0 Å². The van der Waals surface area contributed by atoms with E-state index in [0.717, 1.165) is 5.56 Å². The topological polar surface area (TPSA) is 64.1 Å². The summed E-state index contributed by atoms with van der Waals surface area (Å²) in [6.07, 6.45) is 1.19. The van der Waals surface area contributed by atoms with Crippen molar-refractivity contribution in [3.8, 4) is 10.6 Å². The van der Waals surface area contributed by atoms with Crippen LogP contribution in [0.5, 0.6) is 0 Å². The Hall–Kier alpha value is -1.53. The van der Waals surface area contributed by atoms with Crippen molar-refractivity contribution in [3.05, 3.63) is 34.3 Å². The molecule has 0 saturated heterocycles. The van der Waals surface area contributed by atoms with E-state index in [-0.39, 0.29) is 5.78 Å². The molecule has 20 heavy (non-hydrogen) atoms. The Kier molecular flexibility index (Phi) is 3.80. The molecule has 4 nitrogen and oxygen atoms in total. The molecule has 0 atom stereocenters. The largest absolute Gasteiger partial charge is 0.294 e. The summed E-state index contributed by atoms with van der Waals surface area (Å²) in [7, 11) is -3.27. The highest BCUT2D eigenvalue weighted by Gasteiger charge is 2.16. The zero-order chi connectivity index (χ0) is 15.1. The molecule has 2 rings (SSSR count). The molecule has 6 heteroatoms. The number of carbonyl (C=O) groups is 1. The van der Waals surface area contributed by atoms with Crippen molar-refractivity contribution in [2.45, 2.75) is 25.7 Å². The summed E-state index contributed by atoms with van der Waals surface area (Å²) in [6.45, 7) is 5.04. The number of hydrogen-bond acceptors (Lipinski definition) is 5. The molecule has 0 radical (unpaired) electrons. The first-order valence-corrected chi connectivity index (χ1v) is 8.70. The van der Waals surface area contributed by atoms with Crippen molar-refractivity contribution in [2.24, 2.45) is 0 Å². The molecule has 0 N–H and O–H groups in total. The first-order chi connectivity index (χ1) is 9.20. The van der Waals surface area contributed by atoms with E-state index in [1.54, 1.807) is 26.0 Å². The number of rotatable bonds is 3. The molecule has 0 fully saturated rings. The van der Waals surface area contributed by atoms with Crippen LogP contribution in [-0.4, -0.2) is 25.4 Å². The molecule has 0 aliphatic carbocycles. The van der Waals surface area contributed by atoms with Gasteiger partial charge in [0, 0.05) is 18.7 Å². The first kappa shape index (κ1) is 14.9. The Labute approximate surface area is 122 Å². The number of carbonyl (C=O) groups excluding carboxylic acids is 1. The first-order valence-electron chi connectivity index (χ1n) is 5.99. The number of aryl methyl sites for hydroxylation is 2. The molecule has 0 unspecified atom stereocenters.